The lowest BCUT2D eigenvalue weighted by molar-refractivity contribution is 0.506. The van der Waals surface area contributed by atoms with Crippen molar-refractivity contribution in [1.29, 1.82) is 0 Å². The molecular weight excluding hydrogens is 234 g/mol. The summed E-state index contributed by atoms with van der Waals surface area (Å²) < 4.78 is 29.5. The van der Waals surface area contributed by atoms with E-state index in [4.69, 9.17) is 10.2 Å². The van der Waals surface area contributed by atoms with Crippen LogP contribution in [0.4, 0.5) is 6.01 Å². The van der Waals surface area contributed by atoms with Crippen molar-refractivity contribution in [3.05, 3.63) is 5.89 Å². The zero-order chi connectivity index (χ0) is 12.0. The molecule has 8 nitrogen and oxygen atoms in total. The molecule has 0 aliphatic heterocycles. The molecule has 16 heavy (non-hydrogen) atoms. The monoisotopic (exact) mass is 249 g/mol. The molecule has 0 fully saturated rings. The lowest BCUT2D eigenvalue weighted by atomic mass is 10.4. The molecule has 0 spiro atoms. The van der Waals surface area contributed by atoms with Gasteiger partial charge in [0.1, 0.15) is 0 Å². The third kappa shape index (κ3) is 4.13. The van der Waals surface area contributed by atoms with Gasteiger partial charge in [-0.2, -0.15) is 0 Å². The van der Waals surface area contributed by atoms with E-state index in [-0.39, 0.29) is 18.3 Å². The fourth-order valence-corrected chi connectivity index (χ4v) is 1.52. The SMILES string of the molecule is CNS(=O)(=O)CCNc1nnc(CCN)o1. The van der Waals surface area contributed by atoms with Crippen LogP contribution in [0.3, 0.4) is 0 Å². The Bertz CT molecular complexity index is 415. The molecule has 1 heterocycles. The van der Waals surface area contributed by atoms with Gasteiger partial charge in [0, 0.05) is 19.5 Å². The van der Waals surface area contributed by atoms with Gasteiger partial charge >= 0.3 is 6.01 Å². The second-order valence-electron chi connectivity index (χ2n) is 2.99. The standard InChI is InChI=1S/C7H15N5O3S/c1-9-16(13,14)5-4-10-7-12-11-6(15-7)2-3-8/h9H,2-5,8H2,1H3,(H,10,12). The zero-order valence-electron chi connectivity index (χ0n) is 8.93. The molecule has 0 saturated carbocycles. The first kappa shape index (κ1) is 12.9. The highest BCUT2D eigenvalue weighted by atomic mass is 32.2. The van der Waals surface area contributed by atoms with E-state index < -0.39 is 10.0 Å². The van der Waals surface area contributed by atoms with E-state index in [2.05, 4.69) is 20.2 Å². The van der Waals surface area contributed by atoms with Crippen molar-refractivity contribution in [3.8, 4) is 0 Å². The summed E-state index contributed by atoms with van der Waals surface area (Å²) in [6.07, 6.45) is 0.503. The number of aromatic nitrogens is 2. The molecule has 0 aromatic carbocycles. The van der Waals surface area contributed by atoms with E-state index >= 15 is 0 Å². The minimum Gasteiger partial charge on any atom is -0.408 e. The molecule has 0 bridgehead atoms. The molecule has 4 N–H and O–H groups in total. The third-order valence-corrected chi connectivity index (χ3v) is 3.15. The molecule has 1 rings (SSSR count). The van der Waals surface area contributed by atoms with Gasteiger partial charge in [0.15, 0.2) is 0 Å². The van der Waals surface area contributed by atoms with E-state index in [1.807, 2.05) is 0 Å². The maximum Gasteiger partial charge on any atom is 0.315 e. The highest BCUT2D eigenvalue weighted by Gasteiger charge is 2.08. The summed E-state index contributed by atoms with van der Waals surface area (Å²) in [5.41, 5.74) is 5.31. The molecular formula is C7H15N5O3S. The summed E-state index contributed by atoms with van der Waals surface area (Å²) in [4.78, 5) is 0. The summed E-state index contributed by atoms with van der Waals surface area (Å²) in [7, 11) is -1.85. The first-order valence-corrected chi connectivity index (χ1v) is 6.40. The quantitative estimate of drug-likeness (QED) is 0.539. The van der Waals surface area contributed by atoms with Crippen LogP contribution in [0.1, 0.15) is 5.89 Å². The third-order valence-electron chi connectivity index (χ3n) is 1.78. The van der Waals surface area contributed by atoms with Crippen LogP contribution in [0.15, 0.2) is 4.42 Å². The van der Waals surface area contributed by atoms with Crippen molar-refractivity contribution in [3.63, 3.8) is 0 Å². The maximum absolute atomic E-state index is 11.1. The molecule has 0 aliphatic carbocycles. The zero-order valence-corrected chi connectivity index (χ0v) is 9.75. The Balaban J connectivity index is 2.37. The van der Waals surface area contributed by atoms with Crippen molar-refractivity contribution < 1.29 is 12.8 Å². The van der Waals surface area contributed by atoms with Crippen molar-refractivity contribution in [2.75, 3.05) is 31.2 Å². The van der Waals surface area contributed by atoms with E-state index in [0.29, 0.717) is 18.9 Å². The van der Waals surface area contributed by atoms with E-state index in [1.165, 1.54) is 7.05 Å². The van der Waals surface area contributed by atoms with Crippen molar-refractivity contribution >= 4 is 16.0 Å². The van der Waals surface area contributed by atoms with Gasteiger partial charge in [-0.1, -0.05) is 5.10 Å². The van der Waals surface area contributed by atoms with Crippen LogP contribution in [0, 0.1) is 0 Å². The van der Waals surface area contributed by atoms with Gasteiger partial charge in [-0.15, -0.1) is 5.10 Å². The molecule has 0 unspecified atom stereocenters. The number of sulfonamides is 1. The fraction of sp³-hybridized carbons (Fsp3) is 0.714. The molecule has 0 aliphatic rings. The Labute approximate surface area is 93.7 Å². The van der Waals surface area contributed by atoms with Crippen LogP contribution in [0.5, 0.6) is 0 Å². The highest BCUT2D eigenvalue weighted by Crippen LogP contribution is 2.04. The second-order valence-corrected chi connectivity index (χ2v) is 5.04. The average molecular weight is 249 g/mol. The van der Waals surface area contributed by atoms with Crippen LogP contribution < -0.4 is 15.8 Å². The first-order chi connectivity index (χ1) is 7.57. The summed E-state index contributed by atoms with van der Waals surface area (Å²) >= 11 is 0. The van der Waals surface area contributed by atoms with Crippen LogP contribution >= 0.6 is 0 Å². The van der Waals surface area contributed by atoms with Gasteiger partial charge in [0.05, 0.1) is 5.75 Å². The Morgan fingerprint density at radius 3 is 2.81 bits per heavy atom. The molecule has 0 atom stereocenters. The number of hydrogen-bond acceptors (Lipinski definition) is 7. The highest BCUT2D eigenvalue weighted by molar-refractivity contribution is 7.89. The maximum atomic E-state index is 11.1. The number of nitrogens with zero attached hydrogens (tertiary/aromatic N) is 2. The predicted octanol–water partition coefficient (Wildman–Crippen LogP) is -1.47. The van der Waals surface area contributed by atoms with E-state index in [0.717, 1.165) is 0 Å². The Morgan fingerprint density at radius 2 is 2.19 bits per heavy atom. The van der Waals surface area contributed by atoms with E-state index in [9.17, 15) is 8.42 Å². The Kier molecular flexibility index (Phi) is 4.65. The van der Waals surface area contributed by atoms with Crippen LogP contribution in [0.25, 0.3) is 0 Å². The van der Waals surface area contributed by atoms with Crippen LogP contribution in [-0.2, 0) is 16.4 Å². The van der Waals surface area contributed by atoms with Gasteiger partial charge in [-0.25, -0.2) is 13.1 Å². The summed E-state index contributed by atoms with van der Waals surface area (Å²) in [5.74, 6) is 0.374. The van der Waals surface area contributed by atoms with E-state index in [1.54, 1.807) is 0 Å². The lowest BCUT2D eigenvalue weighted by Gasteiger charge is -2.01. The lowest BCUT2D eigenvalue weighted by Crippen LogP contribution is -2.26. The molecule has 9 heteroatoms. The number of rotatable bonds is 7. The molecule has 0 saturated heterocycles. The molecule has 0 amide bonds. The number of hydrogen-bond donors (Lipinski definition) is 3. The van der Waals surface area contributed by atoms with Gasteiger partial charge in [0.25, 0.3) is 0 Å². The average Bonchev–Trinajstić information content (AvgIpc) is 2.66. The smallest absolute Gasteiger partial charge is 0.315 e. The van der Waals surface area contributed by atoms with Gasteiger partial charge in [-0.3, -0.25) is 0 Å². The fourth-order valence-electron chi connectivity index (χ4n) is 0.944. The first-order valence-electron chi connectivity index (χ1n) is 4.75. The largest absolute Gasteiger partial charge is 0.408 e. The number of nitrogens with one attached hydrogen (secondary N) is 2. The summed E-state index contributed by atoms with van der Waals surface area (Å²) in [6.45, 7) is 0.628. The van der Waals surface area contributed by atoms with Crippen molar-refractivity contribution in [1.82, 2.24) is 14.9 Å². The summed E-state index contributed by atoms with van der Waals surface area (Å²) in [6, 6.07) is 0.203. The van der Waals surface area contributed by atoms with Gasteiger partial charge in [-0.05, 0) is 7.05 Å². The normalized spacial score (nSPS) is 11.6. The molecule has 1 aromatic heterocycles. The van der Waals surface area contributed by atoms with Crippen LogP contribution in [0.2, 0.25) is 0 Å². The van der Waals surface area contributed by atoms with Gasteiger partial charge in [0.2, 0.25) is 15.9 Å². The summed E-state index contributed by atoms with van der Waals surface area (Å²) in [5, 5.41) is 10.1. The number of nitrogens with two attached hydrogens (primary N) is 1. The van der Waals surface area contributed by atoms with Gasteiger partial charge < -0.3 is 15.5 Å². The number of anilines is 1. The van der Waals surface area contributed by atoms with Crippen LogP contribution in [-0.4, -0.2) is 44.5 Å². The second kappa shape index (κ2) is 5.77. The topological polar surface area (TPSA) is 123 Å². The van der Waals surface area contributed by atoms with Crippen molar-refractivity contribution in [2.24, 2.45) is 5.73 Å². The Morgan fingerprint density at radius 1 is 1.44 bits per heavy atom. The molecule has 0 radical (unpaired) electrons. The predicted molar refractivity (Wildman–Crippen MR) is 58.4 cm³/mol. The molecule has 92 valence electrons. The Hall–Kier alpha value is -1.19. The van der Waals surface area contributed by atoms with Crippen molar-refractivity contribution in [2.45, 2.75) is 6.42 Å². The molecule has 1 aromatic rings. The minimum absolute atomic E-state index is 0.0574. The minimum atomic E-state index is -3.22.